The number of hydrogen-bond donors (Lipinski definition) is 3. The average Bonchev–Trinajstić information content (AvgIpc) is 3.03. The van der Waals surface area contributed by atoms with Crippen LogP contribution >= 0.6 is 0 Å². The number of aliphatic hydroxyl groups is 1. The van der Waals surface area contributed by atoms with Crippen molar-refractivity contribution in [3.63, 3.8) is 0 Å². The Balaban J connectivity index is 1.71. The third-order valence-electron chi connectivity index (χ3n) is 3.82. The van der Waals surface area contributed by atoms with Crippen LogP contribution in [0.3, 0.4) is 0 Å². The number of para-hydroxylation sites is 1. The number of aliphatic carboxylic acids is 1. The van der Waals surface area contributed by atoms with E-state index in [0.717, 1.165) is 16.2 Å². The molecule has 0 radical (unpaired) electrons. The number of ether oxygens (including phenoxy) is 1. The maximum absolute atomic E-state index is 12.3. The van der Waals surface area contributed by atoms with Crippen LogP contribution in [0.1, 0.15) is 18.0 Å². The van der Waals surface area contributed by atoms with Crippen molar-refractivity contribution in [1.82, 2.24) is 10.2 Å². The molecule has 3 N–H and O–H groups in total. The fourth-order valence-electron chi connectivity index (χ4n) is 2.79. The molecule has 0 spiro atoms. The van der Waals surface area contributed by atoms with Crippen LogP contribution in [-0.2, 0) is 4.79 Å². The molecule has 1 aromatic rings. The molecule has 2 heterocycles. The third kappa shape index (κ3) is 2.52. The van der Waals surface area contributed by atoms with Gasteiger partial charge in [-0.05, 0) is 6.07 Å². The minimum absolute atomic E-state index is 0.0258. The second kappa shape index (κ2) is 5.25. The first-order valence-corrected chi connectivity index (χ1v) is 6.76. The fraction of sp³-hybridized carbons (Fsp3) is 0.429. The van der Waals surface area contributed by atoms with Gasteiger partial charge in [0.2, 0.25) is 0 Å². The summed E-state index contributed by atoms with van der Waals surface area (Å²) in [6.45, 7) is 0.344. The quantitative estimate of drug-likeness (QED) is 0.730. The molecule has 7 nitrogen and oxygen atoms in total. The highest BCUT2D eigenvalue weighted by Gasteiger charge is 2.40. The first-order valence-electron chi connectivity index (χ1n) is 6.76. The molecule has 0 aliphatic carbocycles. The Kier molecular flexibility index (Phi) is 3.42. The molecule has 112 valence electrons. The maximum Gasteiger partial charge on any atom is 0.326 e. The number of benzene rings is 1. The third-order valence-corrected chi connectivity index (χ3v) is 3.82. The zero-order valence-electron chi connectivity index (χ0n) is 11.2. The van der Waals surface area contributed by atoms with Gasteiger partial charge in [0.25, 0.3) is 0 Å². The molecule has 21 heavy (non-hydrogen) atoms. The fourth-order valence-corrected chi connectivity index (χ4v) is 2.79. The number of β-amino-alcohol motifs (C(OH)–C–C–N with tert-alkyl or cyclic N) is 1. The number of carboxylic acids is 1. The monoisotopic (exact) mass is 292 g/mol. The lowest BCUT2D eigenvalue weighted by Gasteiger charge is -2.23. The number of hydrogen-bond acceptors (Lipinski definition) is 4. The molecule has 2 amide bonds. The summed E-state index contributed by atoms with van der Waals surface area (Å²) in [6.07, 6.45) is -0.746. The molecule has 3 atom stereocenters. The van der Waals surface area contributed by atoms with E-state index < -0.39 is 24.1 Å². The standard InChI is InChI=1S/C14H16N2O5/c17-8-5-11(13(18)19)16(6-8)14(20)15-10-7-21-12-4-2-1-3-9(10)12/h1-4,8,10-11,17H,5-7H2,(H,15,20)(H,18,19)/t8-,10?,11-/m0/s1. The Bertz CT molecular complexity index is 576. The summed E-state index contributed by atoms with van der Waals surface area (Å²) in [5.41, 5.74) is 0.873. The van der Waals surface area contributed by atoms with Crippen LogP contribution in [0.4, 0.5) is 4.79 Å². The molecule has 1 fully saturated rings. The Labute approximate surface area is 121 Å². The lowest BCUT2D eigenvalue weighted by atomic mass is 10.1. The van der Waals surface area contributed by atoms with Gasteiger partial charge in [0.05, 0.1) is 12.1 Å². The van der Waals surface area contributed by atoms with Crippen LogP contribution in [0.25, 0.3) is 0 Å². The minimum atomic E-state index is -1.11. The predicted octanol–water partition coefficient (Wildman–Crippen LogP) is 0.349. The number of likely N-dealkylation sites (tertiary alicyclic amines) is 1. The first kappa shape index (κ1) is 13.7. The highest BCUT2D eigenvalue weighted by atomic mass is 16.5. The van der Waals surface area contributed by atoms with Crippen LogP contribution in [0.2, 0.25) is 0 Å². The molecule has 0 saturated carbocycles. The van der Waals surface area contributed by atoms with Gasteiger partial charge in [-0.15, -0.1) is 0 Å². The lowest BCUT2D eigenvalue weighted by Crippen LogP contribution is -2.47. The predicted molar refractivity (Wildman–Crippen MR) is 72.0 cm³/mol. The van der Waals surface area contributed by atoms with Gasteiger partial charge >= 0.3 is 12.0 Å². The number of rotatable bonds is 2. The van der Waals surface area contributed by atoms with Crippen LogP contribution < -0.4 is 10.1 Å². The van der Waals surface area contributed by atoms with E-state index in [9.17, 15) is 14.7 Å². The molecule has 1 aromatic carbocycles. The summed E-state index contributed by atoms with van der Waals surface area (Å²) in [4.78, 5) is 24.6. The van der Waals surface area contributed by atoms with E-state index in [0.29, 0.717) is 6.61 Å². The molecule has 1 unspecified atom stereocenters. The van der Waals surface area contributed by atoms with Crippen molar-refractivity contribution in [1.29, 1.82) is 0 Å². The van der Waals surface area contributed by atoms with Gasteiger partial charge in [0.1, 0.15) is 18.4 Å². The number of nitrogens with zero attached hydrogens (tertiary/aromatic N) is 1. The molecule has 0 bridgehead atoms. The van der Waals surface area contributed by atoms with Gasteiger partial charge < -0.3 is 25.2 Å². The van der Waals surface area contributed by atoms with Crippen molar-refractivity contribution in [3.8, 4) is 5.75 Å². The average molecular weight is 292 g/mol. The van der Waals surface area contributed by atoms with E-state index >= 15 is 0 Å². The van der Waals surface area contributed by atoms with Gasteiger partial charge in [0.15, 0.2) is 0 Å². The van der Waals surface area contributed by atoms with Crippen LogP contribution in [-0.4, -0.2) is 52.4 Å². The van der Waals surface area contributed by atoms with Crippen LogP contribution in [0.5, 0.6) is 5.75 Å². The number of amides is 2. The minimum Gasteiger partial charge on any atom is -0.491 e. The van der Waals surface area contributed by atoms with Gasteiger partial charge in [-0.25, -0.2) is 9.59 Å². The molecule has 7 heteroatoms. The zero-order valence-corrected chi connectivity index (χ0v) is 11.2. The highest BCUT2D eigenvalue weighted by Crippen LogP contribution is 2.32. The summed E-state index contributed by atoms with van der Waals surface area (Å²) in [5, 5.41) is 21.5. The molecular formula is C14H16N2O5. The van der Waals surface area contributed by atoms with Crippen molar-refractivity contribution in [3.05, 3.63) is 29.8 Å². The number of nitrogens with one attached hydrogen (secondary N) is 1. The van der Waals surface area contributed by atoms with E-state index in [2.05, 4.69) is 5.32 Å². The number of aliphatic hydroxyl groups excluding tert-OH is 1. The maximum atomic E-state index is 12.3. The van der Waals surface area contributed by atoms with Crippen molar-refractivity contribution in [2.75, 3.05) is 13.2 Å². The number of carboxylic acid groups (broad SMARTS) is 1. The molecule has 0 aromatic heterocycles. The van der Waals surface area contributed by atoms with Gasteiger partial charge in [0, 0.05) is 18.5 Å². The zero-order chi connectivity index (χ0) is 15.0. The van der Waals surface area contributed by atoms with Crippen molar-refractivity contribution in [2.24, 2.45) is 0 Å². The summed E-state index contributed by atoms with van der Waals surface area (Å²) in [6, 6.07) is 5.59. The second-order valence-electron chi connectivity index (χ2n) is 5.25. The van der Waals surface area contributed by atoms with Crippen LogP contribution in [0.15, 0.2) is 24.3 Å². The van der Waals surface area contributed by atoms with Crippen LogP contribution in [0, 0.1) is 0 Å². The Morgan fingerprint density at radius 2 is 2.10 bits per heavy atom. The highest BCUT2D eigenvalue weighted by molar-refractivity contribution is 5.83. The second-order valence-corrected chi connectivity index (χ2v) is 5.25. The lowest BCUT2D eigenvalue weighted by molar-refractivity contribution is -0.141. The van der Waals surface area contributed by atoms with E-state index in [1.165, 1.54) is 0 Å². The SMILES string of the molecule is O=C(O)[C@@H]1C[C@H](O)CN1C(=O)NC1COc2ccccc21. The van der Waals surface area contributed by atoms with Crippen molar-refractivity contribution >= 4 is 12.0 Å². The Hall–Kier alpha value is -2.28. The topological polar surface area (TPSA) is 99.1 Å². The molecule has 2 aliphatic heterocycles. The van der Waals surface area contributed by atoms with Gasteiger partial charge in [-0.2, -0.15) is 0 Å². The molecule has 3 rings (SSSR count). The number of fused-ring (bicyclic) bond motifs is 1. The van der Waals surface area contributed by atoms with Gasteiger partial charge in [-0.1, -0.05) is 18.2 Å². The smallest absolute Gasteiger partial charge is 0.326 e. The van der Waals surface area contributed by atoms with Crippen molar-refractivity contribution in [2.45, 2.75) is 24.6 Å². The normalized spacial score (nSPS) is 27.1. The Morgan fingerprint density at radius 3 is 2.86 bits per heavy atom. The number of carbonyl (C=O) groups excluding carboxylic acids is 1. The molecular weight excluding hydrogens is 276 g/mol. The summed E-state index contributed by atoms with van der Waals surface area (Å²) >= 11 is 0. The summed E-state index contributed by atoms with van der Waals surface area (Å²) < 4.78 is 5.47. The number of carbonyl (C=O) groups is 2. The van der Waals surface area contributed by atoms with E-state index in [-0.39, 0.29) is 19.0 Å². The van der Waals surface area contributed by atoms with E-state index in [1.807, 2.05) is 24.3 Å². The Morgan fingerprint density at radius 1 is 1.33 bits per heavy atom. The summed E-state index contributed by atoms with van der Waals surface area (Å²) in [7, 11) is 0. The number of urea groups is 1. The largest absolute Gasteiger partial charge is 0.491 e. The van der Waals surface area contributed by atoms with E-state index in [1.54, 1.807) is 0 Å². The van der Waals surface area contributed by atoms with E-state index in [4.69, 9.17) is 9.84 Å². The first-order chi connectivity index (χ1) is 10.1. The molecule has 1 saturated heterocycles. The molecule has 2 aliphatic rings. The summed E-state index contributed by atoms with van der Waals surface area (Å²) in [5.74, 6) is -0.385. The van der Waals surface area contributed by atoms with Gasteiger partial charge in [-0.3, -0.25) is 0 Å². The van der Waals surface area contributed by atoms with Crippen molar-refractivity contribution < 1.29 is 24.5 Å².